The number of carbonyl (C=O) groups excluding carboxylic acids is 2. The molecule has 5 heteroatoms. The molecule has 3 rings (SSSR count). The highest BCUT2D eigenvalue weighted by atomic mass is 16.2. The van der Waals surface area contributed by atoms with Crippen LogP contribution in [0.5, 0.6) is 0 Å². The predicted octanol–water partition coefficient (Wildman–Crippen LogP) is 3.80. The van der Waals surface area contributed by atoms with Crippen LogP contribution >= 0.6 is 0 Å². The topological polar surface area (TPSA) is 65.2 Å². The molecule has 1 aromatic heterocycles. The van der Waals surface area contributed by atoms with E-state index >= 15 is 0 Å². The van der Waals surface area contributed by atoms with Crippen molar-refractivity contribution >= 4 is 22.7 Å². The summed E-state index contributed by atoms with van der Waals surface area (Å²) >= 11 is 0. The van der Waals surface area contributed by atoms with Gasteiger partial charge in [0.1, 0.15) is 0 Å². The second-order valence-corrected chi connectivity index (χ2v) is 8.24. The molecule has 2 aromatic rings. The second kappa shape index (κ2) is 7.75. The Hall–Kier alpha value is -2.30. The van der Waals surface area contributed by atoms with Gasteiger partial charge in [-0.1, -0.05) is 13.8 Å². The highest BCUT2D eigenvalue weighted by Crippen LogP contribution is 2.25. The van der Waals surface area contributed by atoms with Crippen molar-refractivity contribution in [2.75, 3.05) is 13.1 Å². The Morgan fingerprint density at radius 2 is 1.81 bits per heavy atom. The molecule has 1 atom stereocenters. The summed E-state index contributed by atoms with van der Waals surface area (Å²) in [5, 5.41) is 4.21. The zero-order valence-corrected chi connectivity index (χ0v) is 17.1. The number of aryl methyl sites for hydroxylation is 2. The van der Waals surface area contributed by atoms with E-state index in [2.05, 4.69) is 31.1 Å². The zero-order valence-electron chi connectivity index (χ0n) is 17.1. The van der Waals surface area contributed by atoms with Gasteiger partial charge >= 0.3 is 0 Å². The monoisotopic (exact) mass is 369 g/mol. The molecule has 1 aliphatic rings. The number of amides is 2. The molecule has 1 unspecified atom stereocenters. The van der Waals surface area contributed by atoms with E-state index in [4.69, 9.17) is 0 Å². The van der Waals surface area contributed by atoms with Gasteiger partial charge in [-0.05, 0) is 63.3 Å². The van der Waals surface area contributed by atoms with Gasteiger partial charge in [0.15, 0.2) is 0 Å². The first kappa shape index (κ1) is 19.5. The van der Waals surface area contributed by atoms with Crippen LogP contribution < -0.4 is 5.32 Å². The van der Waals surface area contributed by atoms with Crippen LogP contribution in [0.1, 0.15) is 55.2 Å². The average molecular weight is 370 g/mol. The van der Waals surface area contributed by atoms with Gasteiger partial charge in [0.05, 0.1) is 0 Å². The molecule has 0 bridgehead atoms. The van der Waals surface area contributed by atoms with E-state index in [1.807, 2.05) is 36.9 Å². The smallest absolute Gasteiger partial charge is 0.253 e. The molecular weight excluding hydrogens is 338 g/mol. The molecule has 2 heterocycles. The van der Waals surface area contributed by atoms with E-state index in [0.717, 1.165) is 35.0 Å². The fraction of sp³-hybridized carbons (Fsp3) is 0.545. The van der Waals surface area contributed by atoms with Crippen LogP contribution in [0, 0.1) is 25.7 Å². The maximum absolute atomic E-state index is 12.9. The summed E-state index contributed by atoms with van der Waals surface area (Å²) < 4.78 is 0. The predicted molar refractivity (Wildman–Crippen MR) is 109 cm³/mol. The number of nitrogens with zero attached hydrogens (tertiary/aromatic N) is 1. The summed E-state index contributed by atoms with van der Waals surface area (Å²) in [5.74, 6) is 0.617. The molecule has 5 nitrogen and oxygen atoms in total. The molecule has 1 aromatic carbocycles. The fourth-order valence-corrected chi connectivity index (χ4v) is 3.63. The summed E-state index contributed by atoms with van der Waals surface area (Å²) in [6, 6.07) is 6.04. The van der Waals surface area contributed by atoms with Crippen LogP contribution in [0.4, 0.5) is 0 Å². The third kappa shape index (κ3) is 4.02. The maximum Gasteiger partial charge on any atom is 0.253 e. The van der Waals surface area contributed by atoms with Gasteiger partial charge in [-0.15, -0.1) is 0 Å². The number of aromatic nitrogens is 1. The van der Waals surface area contributed by atoms with Crippen molar-refractivity contribution < 1.29 is 9.59 Å². The summed E-state index contributed by atoms with van der Waals surface area (Å²) in [6.45, 7) is 11.7. The minimum atomic E-state index is 0.00676. The van der Waals surface area contributed by atoms with E-state index in [1.54, 1.807) is 0 Å². The highest BCUT2D eigenvalue weighted by molar-refractivity contribution is 5.99. The van der Waals surface area contributed by atoms with Gasteiger partial charge in [-0.2, -0.15) is 0 Å². The molecule has 1 saturated heterocycles. The van der Waals surface area contributed by atoms with E-state index in [-0.39, 0.29) is 23.8 Å². The van der Waals surface area contributed by atoms with Gasteiger partial charge in [0.2, 0.25) is 5.91 Å². The summed E-state index contributed by atoms with van der Waals surface area (Å²) in [7, 11) is 0. The SMILES string of the molecule is Cc1[nH]c2ccc(C(=O)N3CCC(C(=O)NC(C)C(C)C)CC3)cc2c1C. The Morgan fingerprint density at radius 3 is 2.44 bits per heavy atom. The Balaban J connectivity index is 1.63. The van der Waals surface area contributed by atoms with Crippen LogP contribution in [-0.4, -0.2) is 40.8 Å². The maximum atomic E-state index is 12.9. The summed E-state index contributed by atoms with van der Waals surface area (Å²) in [6.07, 6.45) is 1.46. The van der Waals surface area contributed by atoms with Gasteiger partial charge in [0, 0.05) is 47.2 Å². The van der Waals surface area contributed by atoms with Crippen molar-refractivity contribution in [2.45, 2.75) is 53.5 Å². The lowest BCUT2D eigenvalue weighted by atomic mass is 9.94. The molecule has 0 spiro atoms. The first-order valence-electron chi connectivity index (χ1n) is 9.96. The van der Waals surface area contributed by atoms with Crippen molar-refractivity contribution in [3.05, 3.63) is 35.0 Å². The van der Waals surface area contributed by atoms with Gasteiger partial charge in [-0.25, -0.2) is 0 Å². The summed E-state index contributed by atoms with van der Waals surface area (Å²) in [5.41, 5.74) is 4.11. The zero-order chi connectivity index (χ0) is 19.7. The number of carbonyl (C=O) groups is 2. The van der Waals surface area contributed by atoms with Gasteiger partial charge in [-0.3, -0.25) is 9.59 Å². The number of nitrogens with one attached hydrogen (secondary N) is 2. The van der Waals surface area contributed by atoms with E-state index < -0.39 is 0 Å². The molecule has 1 aliphatic heterocycles. The van der Waals surface area contributed by atoms with Crippen LogP contribution in [0.15, 0.2) is 18.2 Å². The lowest BCUT2D eigenvalue weighted by Crippen LogP contribution is -2.45. The van der Waals surface area contributed by atoms with Crippen molar-refractivity contribution in [3.63, 3.8) is 0 Å². The molecule has 2 amide bonds. The lowest BCUT2D eigenvalue weighted by molar-refractivity contribution is -0.127. The number of rotatable bonds is 4. The van der Waals surface area contributed by atoms with E-state index in [0.29, 0.717) is 19.0 Å². The average Bonchev–Trinajstić information content (AvgIpc) is 2.94. The normalized spacial score (nSPS) is 16.7. The number of aromatic amines is 1. The van der Waals surface area contributed by atoms with E-state index in [1.165, 1.54) is 5.56 Å². The molecule has 1 fully saturated rings. The summed E-state index contributed by atoms with van der Waals surface area (Å²) in [4.78, 5) is 30.6. The van der Waals surface area contributed by atoms with Gasteiger partial charge in [0.25, 0.3) is 5.91 Å². The number of hydrogen-bond donors (Lipinski definition) is 2. The molecule has 2 N–H and O–H groups in total. The standard InChI is InChI=1S/C22H31N3O2/c1-13(2)15(4)24-21(26)17-8-10-25(11-9-17)22(27)18-6-7-20-19(12-18)14(3)16(5)23-20/h6-7,12-13,15,17,23H,8-11H2,1-5H3,(H,24,26). The van der Waals surface area contributed by atoms with Crippen LogP contribution in [0.2, 0.25) is 0 Å². The first-order chi connectivity index (χ1) is 12.8. The third-order valence-corrected chi connectivity index (χ3v) is 6.08. The minimum absolute atomic E-state index is 0.00676. The quantitative estimate of drug-likeness (QED) is 0.861. The van der Waals surface area contributed by atoms with E-state index in [9.17, 15) is 9.59 Å². The molecule has 0 aliphatic carbocycles. The number of fused-ring (bicyclic) bond motifs is 1. The third-order valence-electron chi connectivity index (χ3n) is 6.08. The molecule has 0 radical (unpaired) electrons. The van der Waals surface area contributed by atoms with Crippen molar-refractivity contribution in [2.24, 2.45) is 11.8 Å². The number of H-pyrrole nitrogens is 1. The Labute approximate surface area is 161 Å². The largest absolute Gasteiger partial charge is 0.358 e. The number of likely N-dealkylation sites (tertiary alicyclic amines) is 1. The lowest BCUT2D eigenvalue weighted by Gasteiger charge is -2.32. The Kier molecular flexibility index (Phi) is 5.59. The van der Waals surface area contributed by atoms with Crippen molar-refractivity contribution in [1.29, 1.82) is 0 Å². The number of piperidine rings is 1. The van der Waals surface area contributed by atoms with Crippen molar-refractivity contribution in [3.8, 4) is 0 Å². The molecule has 0 saturated carbocycles. The van der Waals surface area contributed by atoms with Crippen LogP contribution in [-0.2, 0) is 4.79 Å². The molecule has 146 valence electrons. The Morgan fingerprint density at radius 1 is 1.15 bits per heavy atom. The fourth-order valence-electron chi connectivity index (χ4n) is 3.63. The Bertz CT molecular complexity index is 845. The highest BCUT2D eigenvalue weighted by Gasteiger charge is 2.28. The second-order valence-electron chi connectivity index (χ2n) is 8.24. The van der Waals surface area contributed by atoms with Gasteiger partial charge < -0.3 is 15.2 Å². The van der Waals surface area contributed by atoms with Crippen molar-refractivity contribution in [1.82, 2.24) is 15.2 Å². The minimum Gasteiger partial charge on any atom is -0.358 e. The molecular formula is C22H31N3O2. The number of hydrogen-bond acceptors (Lipinski definition) is 2. The molecule has 27 heavy (non-hydrogen) atoms. The van der Waals surface area contributed by atoms with Crippen LogP contribution in [0.25, 0.3) is 10.9 Å². The number of benzene rings is 1. The van der Waals surface area contributed by atoms with Crippen LogP contribution in [0.3, 0.4) is 0 Å². The first-order valence-corrected chi connectivity index (χ1v) is 9.96.